The maximum Gasteiger partial charge on any atom is 0.271 e. The minimum Gasteiger partial charge on any atom is -0.343 e. The standard InChI is InChI=1S/C23H26N8O/c1-14(27-22(32)20-17-12-26-31(5)21(17)25-13-24-20)18-10-11-19(30-29-18)28-16-8-6-15(7-9-16)23(2,3)4/h6-14H,1-5H3,(H,27,32)(H,28,30). The lowest BCUT2D eigenvalue weighted by Gasteiger charge is -2.19. The zero-order valence-electron chi connectivity index (χ0n) is 18.8. The first kappa shape index (κ1) is 21.4. The number of aromatic nitrogens is 6. The Morgan fingerprint density at radius 1 is 1.03 bits per heavy atom. The summed E-state index contributed by atoms with van der Waals surface area (Å²) < 4.78 is 1.60. The van der Waals surface area contributed by atoms with E-state index in [0.717, 1.165) is 5.69 Å². The maximum atomic E-state index is 12.8. The molecule has 1 aromatic carbocycles. The van der Waals surface area contributed by atoms with E-state index in [1.54, 1.807) is 17.9 Å². The van der Waals surface area contributed by atoms with Gasteiger partial charge in [-0.05, 0) is 42.2 Å². The largest absolute Gasteiger partial charge is 0.343 e. The summed E-state index contributed by atoms with van der Waals surface area (Å²) in [6.45, 7) is 8.40. The Kier molecular flexibility index (Phi) is 5.56. The van der Waals surface area contributed by atoms with Crippen molar-refractivity contribution in [2.24, 2.45) is 7.05 Å². The molecule has 3 heterocycles. The zero-order chi connectivity index (χ0) is 22.9. The van der Waals surface area contributed by atoms with Crippen molar-refractivity contribution in [1.82, 2.24) is 35.3 Å². The van der Waals surface area contributed by atoms with Crippen LogP contribution in [0.15, 0.2) is 48.9 Å². The molecule has 0 saturated carbocycles. The van der Waals surface area contributed by atoms with Gasteiger partial charge in [-0.25, -0.2) is 9.97 Å². The third-order valence-corrected chi connectivity index (χ3v) is 5.24. The lowest BCUT2D eigenvalue weighted by atomic mass is 9.87. The highest BCUT2D eigenvalue weighted by Crippen LogP contribution is 2.24. The predicted molar refractivity (Wildman–Crippen MR) is 123 cm³/mol. The molecule has 9 nitrogen and oxygen atoms in total. The Morgan fingerprint density at radius 2 is 1.78 bits per heavy atom. The number of benzene rings is 1. The van der Waals surface area contributed by atoms with Crippen LogP contribution in [0.25, 0.3) is 11.0 Å². The van der Waals surface area contributed by atoms with Crippen LogP contribution in [-0.2, 0) is 12.5 Å². The van der Waals surface area contributed by atoms with Gasteiger partial charge in [-0.2, -0.15) is 10.2 Å². The fourth-order valence-corrected chi connectivity index (χ4v) is 3.32. The highest BCUT2D eigenvalue weighted by molar-refractivity contribution is 6.03. The second-order valence-electron chi connectivity index (χ2n) is 8.72. The van der Waals surface area contributed by atoms with Crippen LogP contribution >= 0.6 is 0 Å². The molecule has 0 saturated heterocycles. The van der Waals surface area contributed by atoms with Crippen LogP contribution in [0, 0.1) is 0 Å². The Labute approximate surface area is 186 Å². The summed E-state index contributed by atoms with van der Waals surface area (Å²) in [5.41, 5.74) is 3.83. The van der Waals surface area contributed by atoms with Crippen molar-refractivity contribution in [3.8, 4) is 0 Å². The van der Waals surface area contributed by atoms with Gasteiger partial charge in [-0.3, -0.25) is 9.48 Å². The summed E-state index contributed by atoms with van der Waals surface area (Å²) in [7, 11) is 1.77. The van der Waals surface area contributed by atoms with Gasteiger partial charge in [0.2, 0.25) is 0 Å². The van der Waals surface area contributed by atoms with Crippen LogP contribution in [-0.4, -0.2) is 35.9 Å². The molecule has 3 aromatic heterocycles. The number of anilines is 2. The molecule has 1 atom stereocenters. The molecule has 0 fully saturated rings. The minimum absolute atomic E-state index is 0.106. The van der Waals surface area contributed by atoms with Gasteiger partial charge in [0.05, 0.1) is 23.3 Å². The molecule has 0 aliphatic carbocycles. The van der Waals surface area contributed by atoms with Gasteiger partial charge in [0, 0.05) is 12.7 Å². The van der Waals surface area contributed by atoms with Crippen molar-refractivity contribution in [3.63, 3.8) is 0 Å². The molecule has 4 aromatic rings. The molecular weight excluding hydrogens is 404 g/mol. The molecule has 32 heavy (non-hydrogen) atoms. The van der Waals surface area contributed by atoms with Crippen molar-refractivity contribution in [2.75, 3.05) is 5.32 Å². The van der Waals surface area contributed by atoms with Crippen molar-refractivity contribution in [3.05, 3.63) is 65.9 Å². The van der Waals surface area contributed by atoms with Gasteiger partial charge in [-0.15, -0.1) is 5.10 Å². The van der Waals surface area contributed by atoms with E-state index in [-0.39, 0.29) is 23.1 Å². The summed E-state index contributed by atoms with van der Waals surface area (Å²) in [6.07, 6.45) is 2.95. The molecule has 2 N–H and O–H groups in total. The predicted octanol–water partition coefficient (Wildman–Crippen LogP) is 3.69. The molecule has 0 spiro atoms. The number of rotatable bonds is 5. The van der Waals surface area contributed by atoms with E-state index < -0.39 is 0 Å². The van der Waals surface area contributed by atoms with Crippen LogP contribution in [0.5, 0.6) is 0 Å². The summed E-state index contributed by atoms with van der Waals surface area (Å²) in [6, 6.07) is 11.6. The number of nitrogens with zero attached hydrogens (tertiary/aromatic N) is 6. The number of aryl methyl sites for hydroxylation is 1. The van der Waals surface area contributed by atoms with Crippen molar-refractivity contribution in [1.29, 1.82) is 0 Å². The number of hydrogen-bond donors (Lipinski definition) is 2. The van der Waals surface area contributed by atoms with Gasteiger partial charge in [-0.1, -0.05) is 32.9 Å². The zero-order valence-corrected chi connectivity index (χ0v) is 18.8. The lowest BCUT2D eigenvalue weighted by Crippen LogP contribution is -2.28. The fraction of sp³-hybridized carbons (Fsp3) is 0.304. The SMILES string of the molecule is CC(NC(=O)c1ncnc2c1cnn2C)c1ccc(Nc2ccc(C(C)(C)C)cc2)nn1. The van der Waals surface area contributed by atoms with Crippen molar-refractivity contribution in [2.45, 2.75) is 39.2 Å². The highest BCUT2D eigenvalue weighted by atomic mass is 16.2. The topological polar surface area (TPSA) is 111 Å². The fourth-order valence-electron chi connectivity index (χ4n) is 3.32. The van der Waals surface area contributed by atoms with E-state index in [4.69, 9.17) is 0 Å². The molecule has 9 heteroatoms. The molecule has 1 amide bonds. The van der Waals surface area contributed by atoms with Crippen molar-refractivity contribution < 1.29 is 4.79 Å². The monoisotopic (exact) mass is 430 g/mol. The number of fused-ring (bicyclic) bond motifs is 1. The summed E-state index contributed by atoms with van der Waals surface area (Å²) in [5, 5.41) is 19.4. The first-order valence-corrected chi connectivity index (χ1v) is 10.4. The van der Waals surface area contributed by atoms with Crippen LogP contribution in [0.4, 0.5) is 11.5 Å². The van der Waals surface area contributed by atoms with Crippen LogP contribution < -0.4 is 10.6 Å². The third-order valence-electron chi connectivity index (χ3n) is 5.24. The molecule has 0 radical (unpaired) electrons. The lowest BCUT2D eigenvalue weighted by molar-refractivity contribution is 0.0935. The molecule has 164 valence electrons. The van der Waals surface area contributed by atoms with Gasteiger partial charge in [0.25, 0.3) is 5.91 Å². The molecule has 4 rings (SSSR count). The van der Waals surface area contributed by atoms with E-state index in [1.165, 1.54) is 11.9 Å². The molecule has 1 unspecified atom stereocenters. The van der Waals surface area contributed by atoms with E-state index in [0.29, 0.717) is 22.5 Å². The Morgan fingerprint density at radius 3 is 2.44 bits per heavy atom. The smallest absolute Gasteiger partial charge is 0.271 e. The number of carbonyl (C=O) groups is 1. The van der Waals surface area contributed by atoms with Crippen molar-refractivity contribution >= 4 is 28.4 Å². The van der Waals surface area contributed by atoms with E-state index in [1.807, 2.05) is 31.2 Å². The maximum absolute atomic E-state index is 12.8. The number of nitrogens with one attached hydrogen (secondary N) is 2. The molecule has 0 aliphatic rings. The molecular formula is C23H26N8O. The minimum atomic E-state index is -0.350. The highest BCUT2D eigenvalue weighted by Gasteiger charge is 2.18. The first-order chi connectivity index (χ1) is 15.2. The normalized spacial score (nSPS) is 12.5. The van der Waals surface area contributed by atoms with Gasteiger partial charge in [0.15, 0.2) is 11.5 Å². The number of carbonyl (C=O) groups excluding carboxylic acids is 1. The summed E-state index contributed by atoms with van der Waals surface area (Å²) >= 11 is 0. The first-order valence-electron chi connectivity index (χ1n) is 10.4. The Bertz CT molecular complexity index is 1240. The van der Waals surface area contributed by atoms with E-state index >= 15 is 0 Å². The van der Waals surface area contributed by atoms with Gasteiger partial charge < -0.3 is 10.6 Å². The number of amides is 1. The Hall–Kier alpha value is -3.88. The quantitative estimate of drug-likeness (QED) is 0.497. The third kappa shape index (κ3) is 4.41. The molecule has 0 aliphatic heterocycles. The van der Waals surface area contributed by atoms with Gasteiger partial charge >= 0.3 is 0 Å². The second kappa shape index (κ2) is 8.33. The second-order valence-corrected chi connectivity index (χ2v) is 8.72. The average Bonchev–Trinajstić information content (AvgIpc) is 3.15. The van der Waals surface area contributed by atoms with Crippen LogP contribution in [0.3, 0.4) is 0 Å². The van der Waals surface area contributed by atoms with Crippen LogP contribution in [0.2, 0.25) is 0 Å². The summed E-state index contributed by atoms with van der Waals surface area (Å²) in [4.78, 5) is 21.0. The van der Waals surface area contributed by atoms with E-state index in [2.05, 4.69) is 68.8 Å². The van der Waals surface area contributed by atoms with E-state index in [9.17, 15) is 4.79 Å². The Balaban J connectivity index is 1.42. The van der Waals surface area contributed by atoms with Crippen LogP contribution in [0.1, 0.15) is 55.5 Å². The number of hydrogen-bond acceptors (Lipinski definition) is 7. The summed E-state index contributed by atoms with van der Waals surface area (Å²) in [5.74, 6) is 0.310. The average molecular weight is 431 g/mol. The van der Waals surface area contributed by atoms with Gasteiger partial charge in [0.1, 0.15) is 12.0 Å². The molecule has 0 bridgehead atoms.